The molecule has 0 radical (unpaired) electrons. The van der Waals surface area contributed by atoms with E-state index in [4.69, 9.17) is 4.84 Å². The topological polar surface area (TPSA) is 64.4 Å². The first kappa shape index (κ1) is 14.6. The summed E-state index contributed by atoms with van der Waals surface area (Å²) in [6, 6.07) is 5.09. The molecule has 0 aliphatic carbocycles. The van der Waals surface area contributed by atoms with Gasteiger partial charge in [-0.15, -0.1) is 0 Å². The van der Waals surface area contributed by atoms with E-state index in [9.17, 15) is 10.1 Å². The van der Waals surface area contributed by atoms with Gasteiger partial charge in [-0.05, 0) is 40.2 Å². The summed E-state index contributed by atoms with van der Waals surface area (Å²) in [5, 5.41) is 10.9. The Kier molecular flexibility index (Phi) is 4.43. The number of benzene rings is 1. The summed E-state index contributed by atoms with van der Waals surface area (Å²) in [7, 11) is 0. The van der Waals surface area contributed by atoms with E-state index in [1.165, 1.54) is 0 Å². The van der Waals surface area contributed by atoms with E-state index in [1.54, 1.807) is 19.1 Å². The van der Waals surface area contributed by atoms with Crippen molar-refractivity contribution in [1.82, 2.24) is 5.48 Å². The predicted molar refractivity (Wildman–Crippen MR) is 70.2 cm³/mol. The number of nitro groups is 1. The maximum absolute atomic E-state index is 10.9. The predicted octanol–water partition coefficient (Wildman–Crippen LogP) is 3.28. The normalized spacial score (nSPS) is 13.4. The largest absolute Gasteiger partial charge is 0.296 e. The zero-order valence-corrected chi connectivity index (χ0v) is 11.5. The maximum Gasteiger partial charge on any atom is 0.272 e. The van der Waals surface area contributed by atoms with Crippen molar-refractivity contribution in [2.45, 2.75) is 46.3 Å². The standard InChI is InChI=1S/C13H20N2O3/c1-9-6-7-11(8-12(9)15(16)17)10(2)14-18-13(3,4)5/h6-8,10,14H,1-5H3. The highest BCUT2D eigenvalue weighted by Gasteiger charge is 2.17. The summed E-state index contributed by atoms with van der Waals surface area (Å²) in [4.78, 5) is 16.0. The Hall–Kier alpha value is -1.46. The fourth-order valence-corrected chi connectivity index (χ4v) is 1.43. The molecule has 0 fully saturated rings. The molecule has 5 nitrogen and oxygen atoms in total. The second-order valence-electron chi connectivity index (χ2n) is 5.36. The monoisotopic (exact) mass is 252 g/mol. The van der Waals surface area contributed by atoms with Crippen LogP contribution in [0.2, 0.25) is 0 Å². The Bertz CT molecular complexity index is 438. The van der Waals surface area contributed by atoms with Gasteiger partial charge in [0.15, 0.2) is 0 Å². The molecule has 100 valence electrons. The molecular formula is C13H20N2O3. The van der Waals surface area contributed by atoms with Gasteiger partial charge in [-0.1, -0.05) is 12.1 Å². The minimum atomic E-state index is -0.365. The van der Waals surface area contributed by atoms with Crippen molar-refractivity contribution in [3.63, 3.8) is 0 Å². The summed E-state index contributed by atoms with van der Waals surface area (Å²) >= 11 is 0. The van der Waals surface area contributed by atoms with Gasteiger partial charge in [-0.3, -0.25) is 15.0 Å². The lowest BCUT2D eigenvalue weighted by atomic mass is 10.1. The van der Waals surface area contributed by atoms with Gasteiger partial charge in [0, 0.05) is 11.6 Å². The van der Waals surface area contributed by atoms with Gasteiger partial charge in [0.1, 0.15) is 0 Å². The molecule has 0 aliphatic rings. The molecule has 1 aromatic carbocycles. The van der Waals surface area contributed by atoms with Gasteiger partial charge in [-0.2, -0.15) is 5.48 Å². The number of nitrogens with one attached hydrogen (secondary N) is 1. The molecule has 1 rings (SSSR count). The molecule has 1 atom stereocenters. The number of nitrogens with zero attached hydrogens (tertiary/aromatic N) is 1. The lowest BCUT2D eigenvalue weighted by Gasteiger charge is -2.23. The molecule has 0 amide bonds. The highest BCUT2D eigenvalue weighted by molar-refractivity contribution is 5.43. The van der Waals surface area contributed by atoms with Crippen LogP contribution in [0.3, 0.4) is 0 Å². The molecular weight excluding hydrogens is 232 g/mol. The first-order chi connectivity index (χ1) is 8.20. The van der Waals surface area contributed by atoms with Crippen molar-refractivity contribution in [2.75, 3.05) is 0 Å². The van der Waals surface area contributed by atoms with Crippen molar-refractivity contribution >= 4 is 5.69 Å². The lowest BCUT2D eigenvalue weighted by Crippen LogP contribution is -2.31. The Morgan fingerprint density at radius 2 is 2.00 bits per heavy atom. The van der Waals surface area contributed by atoms with E-state index in [0.717, 1.165) is 5.56 Å². The molecule has 0 aromatic heterocycles. The third kappa shape index (κ3) is 4.09. The smallest absolute Gasteiger partial charge is 0.272 e. The van der Waals surface area contributed by atoms with Crippen LogP contribution in [0.25, 0.3) is 0 Å². The fraction of sp³-hybridized carbons (Fsp3) is 0.538. The number of aryl methyl sites for hydroxylation is 1. The Labute approximate surface area is 107 Å². The van der Waals surface area contributed by atoms with Gasteiger partial charge in [0.05, 0.1) is 16.6 Å². The van der Waals surface area contributed by atoms with Crippen LogP contribution in [-0.4, -0.2) is 10.5 Å². The fourth-order valence-electron chi connectivity index (χ4n) is 1.43. The zero-order valence-electron chi connectivity index (χ0n) is 11.5. The van der Waals surface area contributed by atoms with Crippen LogP contribution in [0.1, 0.15) is 44.9 Å². The average molecular weight is 252 g/mol. The van der Waals surface area contributed by atoms with E-state index in [2.05, 4.69) is 5.48 Å². The summed E-state index contributed by atoms with van der Waals surface area (Å²) < 4.78 is 0. The minimum absolute atomic E-state index is 0.108. The molecule has 0 heterocycles. The van der Waals surface area contributed by atoms with Crippen LogP contribution in [0, 0.1) is 17.0 Å². The van der Waals surface area contributed by atoms with E-state index in [0.29, 0.717) is 5.56 Å². The van der Waals surface area contributed by atoms with Gasteiger partial charge >= 0.3 is 0 Å². The van der Waals surface area contributed by atoms with Crippen LogP contribution in [0.4, 0.5) is 5.69 Å². The number of hydrogen-bond donors (Lipinski definition) is 1. The molecule has 1 unspecified atom stereocenters. The number of hydroxylamine groups is 1. The quantitative estimate of drug-likeness (QED) is 0.659. The van der Waals surface area contributed by atoms with Crippen molar-refractivity contribution in [1.29, 1.82) is 0 Å². The van der Waals surface area contributed by atoms with Gasteiger partial charge in [0.2, 0.25) is 0 Å². The first-order valence-corrected chi connectivity index (χ1v) is 5.89. The summed E-state index contributed by atoms with van der Waals surface area (Å²) in [5.74, 6) is 0. The molecule has 0 saturated carbocycles. The van der Waals surface area contributed by atoms with Gasteiger partial charge in [-0.25, -0.2) is 0 Å². The third-order valence-corrected chi connectivity index (χ3v) is 2.47. The average Bonchev–Trinajstić information content (AvgIpc) is 2.25. The van der Waals surface area contributed by atoms with Crippen LogP contribution in [0.15, 0.2) is 18.2 Å². The molecule has 18 heavy (non-hydrogen) atoms. The summed E-state index contributed by atoms with van der Waals surface area (Å²) in [6.07, 6.45) is 0. The molecule has 1 aromatic rings. The molecule has 5 heteroatoms. The molecule has 0 saturated heterocycles. The maximum atomic E-state index is 10.9. The van der Waals surface area contributed by atoms with Gasteiger partial charge in [0.25, 0.3) is 5.69 Å². The Morgan fingerprint density at radius 1 is 1.39 bits per heavy atom. The molecule has 0 aliphatic heterocycles. The highest BCUT2D eigenvalue weighted by Crippen LogP contribution is 2.23. The third-order valence-electron chi connectivity index (χ3n) is 2.47. The molecule has 1 N–H and O–H groups in total. The van der Waals surface area contributed by atoms with Crippen molar-refractivity contribution in [3.05, 3.63) is 39.4 Å². The minimum Gasteiger partial charge on any atom is -0.296 e. The molecule has 0 bridgehead atoms. The number of hydrogen-bond acceptors (Lipinski definition) is 4. The summed E-state index contributed by atoms with van der Waals surface area (Å²) in [5.41, 5.74) is 4.23. The lowest BCUT2D eigenvalue weighted by molar-refractivity contribution is -0.385. The van der Waals surface area contributed by atoms with Gasteiger partial charge < -0.3 is 0 Å². The van der Waals surface area contributed by atoms with Crippen molar-refractivity contribution < 1.29 is 9.76 Å². The van der Waals surface area contributed by atoms with Crippen LogP contribution >= 0.6 is 0 Å². The SMILES string of the molecule is Cc1ccc(C(C)NOC(C)(C)C)cc1[N+](=O)[O-]. The van der Waals surface area contributed by atoms with E-state index >= 15 is 0 Å². The second-order valence-corrected chi connectivity index (χ2v) is 5.36. The Morgan fingerprint density at radius 3 is 2.50 bits per heavy atom. The van der Waals surface area contributed by atoms with E-state index in [-0.39, 0.29) is 22.3 Å². The van der Waals surface area contributed by atoms with Crippen molar-refractivity contribution in [3.8, 4) is 0 Å². The first-order valence-electron chi connectivity index (χ1n) is 5.89. The molecule has 0 spiro atoms. The summed E-state index contributed by atoms with van der Waals surface area (Å²) in [6.45, 7) is 9.44. The number of nitro benzene ring substituents is 1. The highest BCUT2D eigenvalue weighted by atomic mass is 16.7. The van der Waals surface area contributed by atoms with Crippen LogP contribution in [-0.2, 0) is 4.84 Å². The van der Waals surface area contributed by atoms with Crippen molar-refractivity contribution in [2.24, 2.45) is 0 Å². The van der Waals surface area contributed by atoms with E-state index < -0.39 is 0 Å². The Balaban J connectivity index is 2.83. The van der Waals surface area contributed by atoms with Crippen LogP contribution < -0.4 is 5.48 Å². The number of rotatable bonds is 4. The second kappa shape index (κ2) is 5.46. The van der Waals surface area contributed by atoms with E-state index in [1.807, 2.05) is 33.8 Å². The zero-order chi connectivity index (χ0) is 13.9. The van der Waals surface area contributed by atoms with Crippen LogP contribution in [0.5, 0.6) is 0 Å².